The highest BCUT2D eigenvalue weighted by atomic mass is 16.5. The molecular weight excluding hydrogens is 192 g/mol. The highest BCUT2D eigenvalue weighted by Gasteiger charge is 2.40. The Bertz CT molecular complexity index is 340. The molecule has 2 fully saturated rings. The maximum Gasteiger partial charge on any atom is 0.317 e. The molecule has 0 amide bonds. The third kappa shape index (κ3) is 1.41. The summed E-state index contributed by atoms with van der Waals surface area (Å²) in [5, 5.41) is 0. The molecule has 1 saturated carbocycles. The van der Waals surface area contributed by atoms with E-state index in [4.69, 9.17) is 4.74 Å². The molecule has 0 spiro atoms. The topological polar surface area (TPSA) is 43.4 Å². The van der Waals surface area contributed by atoms with Crippen LogP contribution in [0.3, 0.4) is 0 Å². The van der Waals surface area contributed by atoms with Crippen molar-refractivity contribution in [3.8, 4) is 0 Å². The highest BCUT2D eigenvalue weighted by molar-refractivity contribution is 6.04. The second-order valence-electron chi connectivity index (χ2n) is 4.84. The second-order valence-corrected chi connectivity index (χ2v) is 4.84. The molecule has 3 atom stereocenters. The van der Waals surface area contributed by atoms with E-state index in [0.717, 1.165) is 5.92 Å². The summed E-state index contributed by atoms with van der Waals surface area (Å²) in [6.45, 7) is -0.00905. The summed E-state index contributed by atoms with van der Waals surface area (Å²) in [5.41, 5.74) is 1.34. The Morgan fingerprint density at radius 2 is 2.20 bits per heavy atom. The van der Waals surface area contributed by atoms with Crippen molar-refractivity contribution in [1.82, 2.24) is 0 Å². The number of carbonyl (C=O) groups excluding carboxylic acids is 2. The van der Waals surface area contributed by atoms with E-state index in [1.54, 1.807) is 0 Å². The summed E-state index contributed by atoms with van der Waals surface area (Å²) < 4.78 is 4.75. The zero-order valence-electron chi connectivity index (χ0n) is 8.57. The molecule has 0 N–H and O–H groups in total. The third-order valence-electron chi connectivity index (χ3n) is 3.92. The quantitative estimate of drug-likeness (QED) is 0.390. The number of cyclic esters (lactones) is 1. The fraction of sp³-hybridized carbons (Fsp3) is 0.667. The van der Waals surface area contributed by atoms with Gasteiger partial charge >= 0.3 is 5.97 Å². The smallest absolute Gasteiger partial charge is 0.317 e. The monoisotopic (exact) mass is 206 g/mol. The molecule has 1 heterocycles. The molecule has 1 aliphatic heterocycles. The first-order valence-corrected chi connectivity index (χ1v) is 5.64. The van der Waals surface area contributed by atoms with Crippen molar-refractivity contribution in [2.45, 2.75) is 25.7 Å². The summed E-state index contributed by atoms with van der Waals surface area (Å²) >= 11 is 0. The normalized spacial score (nSPS) is 38.4. The van der Waals surface area contributed by atoms with Crippen LogP contribution >= 0.6 is 0 Å². The van der Waals surface area contributed by atoms with E-state index >= 15 is 0 Å². The number of Topliss-reactive ketones (excluding diaryl/α,β-unsaturated/α-hetero) is 1. The molecule has 0 aromatic carbocycles. The summed E-state index contributed by atoms with van der Waals surface area (Å²) in [7, 11) is 0. The fourth-order valence-corrected chi connectivity index (χ4v) is 3.09. The number of rotatable bonds is 2. The van der Waals surface area contributed by atoms with Gasteiger partial charge in [0, 0.05) is 0 Å². The average Bonchev–Trinajstić information content (AvgIpc) is 2.89. The molecule has 1 saturated heterocycles. The minimum Gasteiger partial charge on any atom is -0.457 e. The molecule has 3 aliphatic rings. The zero-order valence-corrected chi connectivity index (χ0v) is 8.57. The first kappa shape index (κ1) is 9.13. The molecule has 3 rings (SSSR count). The first-order valence-electron chi connectivity index (χ1n) is 5.64. The molecule has 80 valence electrons. The maximum atomic E-state index is 11.4. The van der Waals surface area contributed by atoms with E-state index in [2.05, 4.69) is 6.08 Å². The van der Waals surface area contributed by atoms with Gasteiger partial charge in [0.05, 0.1) is 0 Å². The predicted octanol–water partition coefficient (Wildman–Crippen LogP) is 1.47. The Hall–Kier alpha value is -1.12. The lowest BCUT2D eigenvalue weighted by molar-refractivity contribution is -0.141. The number of hydrogen-bond donors (Lipinski definition) is 0. The van der Waals surface area contributed by atoms with Crippen molar-refractivity contribution in [2.75, 3.05) is 6.61 Å². The summed E-state index contributed by atoms with van der Waals surface area (Å²) in [6.07, 6.45) is 6.68. The molecule has 2 aliphatic carbocycles. The van der Waals surface area contributed by atoms with Crippen molar-refractivity contribution in [3.05, 3.63) is 11.6 Å². The van der Waals surface area contributed by atoms with Crippen LogP contribution in [0, 0.1) is 17.8 Å². The van der Waals surface area contributed by atoms with Crippen LogP contribution < -0.4 is 0 Å². The predicted molar refractivity (Wildman–Crippen MR) is 53.0 cm³/mol. The van der Waals surface area contributed by atoms with Gasteiger partial charge in [-0.1, -0.05) is 11.6 Å². The highest BCUT2D eigenvalue weighted by Crippen LogP contribution is 2.46. The van der Waals surface area contributed by atoms with Crippen molar-refractivity contribution < 1.29 is 14.3 Å². The maximum absolute atomic E-state index is 11.4. The van der Waals surface area contributed by atoms with E-state index in [1.807, 2.05) is 0 Å². The van der Waals surface area contributed by atoms with Gasteiger partial charge in [-0.3, -0.25) is 9.59 Å². The Balaban J connectivity index is 1.73. The number of esters is 1. The van der Waals surface area contributed by atoms with Gasteiger partial charge in [-0.05, 0) is 37.5 Å². The molecule has 3 unspecified atom stereocenters. The van der Waals surface area contributed by atoms with Crippen LogP contribution in [-0.2, 0) is 14.3 Å². The van der Waals surface area contributed by atoms with Crippen molar-refractivity contribution in [1.29, 1.82) is 0 Å². The van der Waals surface area contributed by atoms with Gasteiger partial charge in [-0.25, -0.2) is 0 Å². The Kier molecular flexibility index (Phi) is 1.94. The number of hydrogen-bond acceptors (Lipinski definition) is 3. The standard InChI is InChI=1S/C12H14O3/c13-11-6-15-12(14)10(11)5-9-4-7-1-2-8(9)3-7/h4,7-8,10H,1-3,5-6H2. The lowest BCUT2D eigenvalue weighted by Gasteiger charge is -2.14. The van der Waals surface area contributed by atoms with Crippen LogP contribution in [0.25, 0.3) is 0 Å². The molecular formula is C12H14O3. The van der Waals surface area contributed by atoms with Crippen LogP contribution in [0.4, 0.5) is 0 Å². The van der Waals surface area contributed by atoms with Gasteiger partial charge in [0.15, 0.2) is 12.4 Å². The lowest BCUT2D eigenvalue weighted by Crippen LogP contribution is -2.17. The van der Waals surface area contributed by atoms with Crippen LogP contribution in [0.2, 0.25) is 0 Å². The van der Waals surface area contributed by atoms with Crippen LogP contribution in [0.5, 0.6) is 0 Å². The lowest BCUT2D eigenvalue weighted by atomic mass is 9.89. The minimum absolute atomic E-state index is 0.00905. The van der Waals surface area contributed by atoms with Gasteiger partial charge < -0.3 is 4.74 Å². The first-order chi connectivity index (χ1) is 7.24. The Morgan fingerprint density at radius 1 is 1.33 bits per heavy atom. The Morgan fingerprint density at radius 3 is 2.73 bits per heavy atom. The summed E-state index contributed by atoms with van der Waals surface area (Å²) in [6, 6.07) is 0. The largest absolute Gasteiger partial charge is 0.457 e. The minimum atomic E-state index is -0.490. The van der Waals surface area contributed by atoms with E-state index in [0.29, 0.717) is 12.3 Å². The van der Waals surface area contributed by atoms with Crippen LogP contribution in [0.15, 0.2) is 11.6 Å². The SMILES string of the molecule is O=C1COC(=O)C1CC1=CC2CCC1C2. The number of ketones is 1. The van der Waals surface area contributed by atoms with E-state index in [-0.39, 0.29) is 18.4 Å². The third-order valence-corrected chi connectivity index (χ3v) is 3.92. The van der Waals surface area contributed by atoms with Crippen molar-refractivity contribution >= 4 is 11.8 Å². The molecule has 3 heteroatoms. The fourth-order valence-electron chi connectivity index (χ4n) is 3.09. The summed E-state index contributed by atoms with van der Waals surface area (Å²) in [5.74, 6) is 0.525. The second kappa shape index (κ2) is 3.19. The van der Waals surface area contributed by atoms with Gasteiger partial charge in [-0.2, -0.15) is 0 Å². The van der Waals surface area contributed by atoms with Gasteiger partial charge in [0.25, 0.3) is 0 Å². The molecule has 15 heavy (non-hydrogen) atoms. The number of allylic oxidation sites excluding steroid dienone is 2. The van der Waals surface area contributed by atoms with Gasteiger partial charge in [-0.15, -0.1) is 0 Å². The van der Waals surface area contributed by atoms with E-state index in [9.17, 15) is 9.59 Å². The number of ether oxygens (including phenoxy) is 1. The van der Waals surface area contributed by atoms with E-state index in [1.165, 1.54) is 24.8 Å². The number of carbonyl (C=O) groups is 2. The Labute approximate surface area is 88.5 Å². The zero-order chi connectivity index (χ0) is 10.4. The van der Waals surface area contributed by atoms with E-state index < -0.39 is 5.92 Å². The molecule has 0 radical (unpaired) electrons. The molecule has 3 nitrogen and oxygen atoms in total. The molecule has 0 aromatic heterocycles. The molecule has 0 aromatic rings. The average molecular weight is 206 g/mol. The van der Waals surface area contributed by atoms with Crippen molar-refractivity contribution in [2.24, 2.45) is 17.8 Å². The van der Waals surface area contributed by atoms with Crippen LogP contribution in [-0.4, -0.2) is 18.4 Å². The van der Waals surface area contributed by atoms with Crippen molar-refractivity contribution in [3.63, 3.8) is 0 Å². The number of fused-ring (bicyclic) bond motifs is 2. The van der Waals surface area contributed by atoms with Gasteiger partial charge in [0.2, 0.25) is 0 Å². The van der Waals surface area contributed by atoms with Crippen LogP contribution in [0.1, 0.15) is 25.7 Å². The molecule has 2 bridgehead atoms. The summed E-state index contributed by atoms with van der Waals surface area (Å²) in [4.78, 5) is 22.7. The van der Waals surface area contributed by atoms with Gasteiger partial charge in [0.1, 0.15) is 5.92 Å².